The largest absolute Gasteiger partial charge is 0.385 e. The summed E-state index contributed by atoms with van der Waals surface area (Å²) in [5, 5.41) is 18.1. The number of nitrogens with one attached hydrogen (secondary N) is 2. The van der Waals surface area contributed by atoms with Crippen LogP contribution in [-0.2, 0) is 0 Å². The van der Waals surface area contributed by atoms with Crippen molar-refractivity contribution < 1.29 is 4.92 Å². The highest BCUT2D eigenvalue weighted by molar-refractivity contribution is 6.30. The zero-order valence-electron chi connectivity index (χ0n) is 12.3. The van der Waals surface area contributed by atoms with Gasteiger partial charge in [-0.15, -0.1) is 0 Å². The number of hydrogen-bond donors (Lipinski definition) is 2. The molecule has 0 radical (unpaired) electrons. The van der Waals surface area contributed by atoms with E-state index in [0.29, 0.717) is 10.7 Å². The van der Waals surface area contributed by atoms with E-state index in [4.69, 9.17) is 11.6 Å². The van der Waals surface area contributed by atoms with Crippen LogP contribution < -0.4 is 10.6 Å². The molecule has 2 aromatic rings. The van der Waals surface area contributed by atoms with Gasteiger partial charge in [-0.3, -0.25) is 10.1 Å². The van der Waals surface area contributed by atoms with Gasteiger partial charge in [0.15, 0.2) is 0 Å². The molecule has 2 aromatic carbocycles. The van der Waals surface area contributed by atoms with E-state index in [2.05, 4.69) is 17.6 Å². The number of nitro groups is 1. The Kier molecular flexibility index (Phi) is 5.61. The monoisotopic (exact) mass is 319 g/mol. The summed E-state index contributed by atoms with van der Waals surface area (Å²) in [5.41, 5.74) is 2.10. The standard InChI is InChI=1S/C16H18ClN3O2/c1-2-3-10-18-14-8-9-16(20(21)22)15(11-14)19-13-6-4-12(17)5-7-13/h4-9,11,18-19H,2-3,10H2,1H3. The van der Waals surface area contributed by atoms with Crippen molar-refractivity contribution in [3.63, 3.8) is 0 Å². The van der Waals surface area contributed by atoms with Crippen LogP contribution in [-0.4, -0.2) is 11.5 Å². The van der Waals surface area contributed by atoms with Gasteiger partial charge in [-0.1, -0.05) is 24.9 Å². The summed E-state index contributed by atoms with van der Waals surface area (Å²) in [6.45, 7) is 2.96. The number of nitro benzene ring substituents is 1. The van der Waals surface area contributed by atoms with Crippen LogP contribution in [0.2, 0.25) is 5.02 Å². The minimum Gasteiger partial charge on any atom is -0.385 e. The number of rotatable bonds is 7. The Morgan fingerprint density at radius 3 is 2.45 bits per heavy atom. The summed E-state index contributed by atoms with van der Waals surface area (Å²) in [6, 6.07) is 12.0. The Morgan fingerprint density at radius 1 is 1.14 bits per heavy atom. The second-order valence-corrected chi connectivity index (χ2v) is 5.34. The van der Waals surface area contributed by atoms with E-state index in [-0.39, 0.29) is 5.69 Å². The summed E-state index contributed by atoms with van der Waals surface area (Å²) in [4.78, 5) is 10.8. The molecular weight excluding hydrogens is 302 g/mol. The Balaban J connectivity index is 2.23. The van der Waals surface area contributed by atoms with Crippen molar-refractivity contribution >= 4 is 34.4 Å². The van der Waals surface area contributed by atoms with E-state index in [0.717, 1.165) is 30.8 Å². The molecule has 0 saturated heterocycles. The van der Waals surface area contributed by atoms with E-state index in [1.54, 1.807) is 36.4 Å². The molecule has 0 spiro atoms. The molecule has 0 unspecified atom stereocenters. The highest BCUT2D eigenvalue weighted by atomic mass is 35.5. The Labute approximate surface area is 134 Å². The van der Waals surface area contributed by atoms with Gasteiger partial charge >= 0.3 is 0 Å². The summed E-state index contributed by atoms with van der Waals surface area (Å²) in [5.74, 6) is 0. The van der Waals surface area contributed by atoms with E-state index in [1.807, 2.05) is 0 Å². The summed E-state index contributed by atoms with van der Waals surface area (Å²) < 4.78 is 0. The zero-order valence-corrected chi connectivity index (χ0v) is 13.1. The number of benzene rings is 2. The molecule has 0 aliphatic heterocycles. The van der Waals surface area contributed by atoms with Gasteiger partial charge in [0.05, 0.1) is 4.92 Å². The summed E-state index contributed by atoms with van der Waals surface area (Å²) in [6.07, 6.45) is 2.15. The molecule has 0 aromatic heterocycles. The van der Waals surface area contributed by atoms with E-state index < -0.39 is 4.92 Å². The molecule has 5 nitrogen and oxygen atoms in total. The predicted molar refractivity (Wildman–Crippen MR) is 91.2 cm³/mol. The van der Waals surface area contributed by atoms with E-state index in [1.165, 1.54) is 6.07 Å². The smallest absolute Gasteiger partial charge is 0.292 e. The first-order chi connectivity index (χ1) is 10.6. The topological polar surface area (TPSA) is 67.2 Å². The highest BCUT2D eigenvalue weighted by Gasteiger charge is 2.14. The first-order valence-electron chi connectivity index (χ1n) is 7.15. The fourth-order valence-corrected chi connectivity index (χ4v) is 2.13. The van der Waals surface area contributed by atoms with Gasteiger partial charge in [0.1, 0.15) is 5.69 Å². The number of hydrogen-bond acceptors (Lipinski definition) is 4. The lowest BCUT2D eigenvalue weighted by molar-refractivity contribution is -0.383. The quantitative estimate of drug-likeness (QED) is 0.418. The molecule has 6 heteroatoms. The van der Waals surface area contributed by atoms with E-state index >= 15 is 0 Å². The van der Waals surface area contributed by atoms with Gasteiger partial charge in [0.25, 0.3) is 5.69 Å². The number of halogens is 1. The maximum absolute atomic E-state index is 11.2. The van der Waals surface area contributed by atoms with Crippen LogP contribution in [0.15, 0.2) is 42.5 Å². The Hall–Kier alpha value is -2.27. The van der Waals surface area contributed by atoms with Crippen LogP contribution in [0.3, 0.4) is 0 Å². The van der Waals surface area contributed by atoms with Crippen LogP contribution in [0.4, 0.5) is 22.7 Å². The van der Waals surface area contributed by atoms with Gasteiger partial charge in [-0.2, -0.15) is 0 Å². The first-order valence-corrected chi connectivity index (χ1v) is 7.53. The molecule has 0 atom stereocenters. The second kappa shape index (κ2) is 7.66. The average Bonchev–Trinajstić information content (AvgIpc) is 2.50. The van der Waals surface area contributed by atoms with E-state index in [9.17, 15) is 10.1 Å². The van der Waals surface area contributed by atoms with Gasteiger partial charge in [-0.05, 0) is 42.8 Å². The molecule has 0 fully saturated rings. The first kappa shape index (κ1) is 16.1. The fraction of sp³-hybridized carbons (Fsp3) is 0.250. The lowest BCUT2D eigenvalue weighted by Crippen LogP contribution is -2.03. The van der Waals surface area contributed by atoms with Crippen LogP contribution >= 0.6 is 11.6 Å². The van der Waals surface area contributed by atoms with Crippen molar-refractivity contribution in [3.8, 4) is 0 Å². The van der Waals surface area contributed by atoms with Crippen LogP contribution in [0.25, 0.3) is 0 Å². The van der Waals surface area contributed by atoms with Crippen molar-refractivity contribution in [2.24, 2.45) is 0 Å². The Morgan fingerprint density at radius 2 is 1.82 bits per heavy atom. The summed E-state index contributed by atoms with van der Waals surface area (Å²) >= 11 is 5.85. The lowest BCUT2D eigenvalue weighted by atomic mass is 10.2. The lowest BCUT2D eigenvalue weighted by Gasteiger charge is -2.11. The van der Waals surface area contributed by atoms with Gasteiger partial charge in [-0.25, -0.2) is 0 Å². The molecule has 116 valence electrons. The molecule has 0 amide bonds. The average molecular weight is 320 g/mol. The minimum atomic E-state index is -0.395. The van der Waals surface area contributed by atoms with Crippen molar-refractivity contribution in [3.05, 3.63) is 57.6 Å². The van der Waals surface area contributed by atoms with Crippen LogP contribution in [0.1, 0.15) is 19.8 Å². The molecule has 0 bridgehead atoms. The Bertz CT molecular complexity index is 644. The summed E-state index contributed by atoms with van der Waals surface area (Å²) in [7, 11) is 0. The molecule has 0 heterocycles. The zero-order chi connectivity index (χ0) is 15.9. The molecule has 0 aliphatic rings. The third-order valence-corrected chi connectivity index (χ3v) is 3.43. The van der Waals surface area contributed by atoms with Crippen molar-refractivity contribution in [2.75, 3.05) is 17.2 Å². The van der Waals surface area contributed by atoms with Crippen LogP contribution in [0, 0.1) is 10.1 Å². The molecule has 2 rings (SSSR count). The maximum atomic E-state index is 11.2. The number of unbranched alkanes of at least 4 members (excludes halogenated alkanes) is 1. The third kappa shape index (κ3) is 4.36. The van der Waals surface area contributed by atoms with Gasteiger partial charge in [0, 0.05) is 29.0 Å². The normalized spacial score (nSPS) is 10.3. The van der Waals surface area contributed by atoms with Gasteiger partial charge in [0.2, 0.25) is 0 Å². The van der Waals surface area contributed by atoms with Gasteiger partial charge < -0.3 is 10.6 Å². The van der Waals surface area contributed by atoms with Crippen LogP contribution in [0.5, 0.6) is 0 Å². The third-order valence-electron chi connectivity index (χ3n) is 3.18. The SMILES string of the molecule is CCCCNc1ccc([N+](=O)[O-])c(Nc2ccc(Cl)cc2)c1. The van der Waals surface area contributed by atoms with Crippen molar-refractivity contribution in [1.82, 2.24) is 0 Å². The molecule has 0 saturated carbocycles. The number of anilines is 3. The maximum Gasteiger partial charge on any atom is 0.292 e. The minimum absolute atomic E-state index is 0.0380. The molecular formula is C16H18ClN3O2. The molecule has 0 aliphatic carbocycles. The molecule has 22 heavy (non-hydrogen) atoms. The van der Waals surface area contributed by atoms with Crippen molar-refractivity contribution in [2.45, 2.75) is 19.8 Å². The second-order valence-electron chi connectivity index (χ2n) is 4.90. The number of nitrogens with zero attached hydrogens (tertiary/aromatic N) is 1. The predicted octanol–water partition coefficient (Wildman–Crippen LogP) is 5.20. The molecule has 2 N–H and O–H groups in total. The van der Waals surface area contributed by atoms with Crippen molar-refractivity contribution in [1.29, 1.82) is 0 Å². The fourth-order valence-electron chi connectivity index (χ4n) is 2.00. The highest BCUT2D eigenvalue weighted by Crippen LogP contribution is 2.30.